The van der Waals surface area contributed by atoms with Crippen molar-refractivity contribution in [3.05, 3.63) is 34.6 Å². The zero-order chi connectivity index (χ0) is 22.3. The second-order valence-corrected chi connectivity index (χ2v) is 11.8. The Morgan fingerprint density at radius 1 is 0.750 bits per heavy atom. The largest absolute Gasteiger partial charge is 0.206 e. The third-order valence-electron chi connectivity index (χ3n) is 9.52. The van der Waals surface area contributed by atoms with Crippen LogP contribution in [0.15, 0.2) is 12.1 Å². The quantitative estimate of drug-likeness (QED) is 0.317. The Morgan fingerprint density at radius 3 is 2.31 bits per heavy atom. The van der Waals surface area contributed by atoms with E-state index in [9.17, 15) is 0 Å². The SMILES string of the molecule is CCCCCCC1CCc2c(ccc(C3CCC4CC(CCCCC)CCC4C3)c2F)C1. The van der Waals surface area contributed by atoms with Gasteiger partial charge in [0.15, 0.2) is 0 Å². The topological polar surface area (TPSA) is 0 Å². The van der Waals surface area contributed by atoms with Gasteiger partial charge in [-0.15, -0.1) is 0 Å². The van der Waals surface area contributed by atoms with Crippen molar-refractivity contribution >= 4 is 0 Å². The van der Waals surface area contributed by atoms with Gasteiger partial charge in [-0.1, -0.05) is 90.2 Å². The second kappa shape index (κ2) is 12.0. The molecule has 0 aromatic heterocycles. The average Bonchev–Trinajstić information content (AvgIpc) is 2.82. The average molecular weight is 441 g/mol. The lowest BCUT2D eigenvalue weighted by molar-refractivity contribution is 0.112. The first-order valence-electron chi connectivity index (χ1n) is 14.5. The molecular formula is C31H49F. The molecule has 0 N–H and O–H groups in total. The van der Waals surface area contributed by atoms with Crippen molar-refractivity contribution in [2.24, 2.45) is 23.7 Å². The van der Waals surface area contributed by atoms with Gasteiger partial charge in [-0.25, -0.2) is 4.39 Å². The fourth-order valence-electron chi connectivity index (χ4n) is 7.54. The van der Waals surface area contributed by atoms with E-state index in [0.29, 0.717) is 5.92 Å². The lowest BCUT2D eigenvalue weighted by Crippen LogP contribution is -2.31. The van der Waals surface area contributed by atoms with Crippen molar-refractivity contribution in [3.8, 4) is 0 Å². The molecule has 0 nitrogen and oxygen atoms in total. The maximum absolute atomic E-state index is 15.7. The third-order valence-corrected chi connectivity index (χ3v) is 9.52. The van der Waals surface area contributed by atoms with Crippen molar-refractivity contribution in [3.63, 3.8) is 0 Å². The highest BCUT2D eigenvalue weighted by Crippen LogP contribution is 2.49. The summed E-state index contributed by atoms with van der Waals surface area (Å²) < 4.78 is 15.7. The molecule has 5 atom stereocenters. The van der Waals surface area contributed by atoms with Crippen molar-refractivity contribution in [1.82, 2.24) is 0 Å². The number of hydrogen-bond donors (Lipinski definition) is 0. The highest BCUT2D eigenvalue weighted by atomic mass is 19.1. The number of halogens is 1. The molecule has 5 unspecified atom stereocenters. The van der Waals surface area contributed by atoms with E-state index in [4.69, 9.17) is 0 Å². The van der Waals surface area contributed by atoms with E-state index in [1.165, 1.54) is 108 Å². The summed E-state index contributed by atoms with van der Waals surface area (Å²) in [6.07, 6.45) is 23.8. The predicted molar refractivity (Wildman–Crippen MR) is 136 cm³/mol. The van der Waals surface area contributed by atoms with E-state index < -0.39 is 0 Å². The minimum Gasteiger partial charge on any atom is -0.206 e. The summed E-state index contributed by atoms with van der Waals surface area (Å²) in [6.45, 7) is 4.59. The Bertz CT molecular complexity index is 707. The molecule has 0 radical (unpaired) electrons. The Kier molecular flexibility index (Phi) is 9.13. The van der Waals surface area contributed by atoms with Gasteiger partial charge in [0.2, 0.25) is 0 Å². The van der Waals surface area contributed by atoms with Crippen molar-refractivity contribution in [2.75, 3.05) is 0 Å². The molecule has 32 heavy (non-hydrogen) atoms. The first-order chi connectivity index (χ1) is 15.7. The van der Waals surface area contributed by atoms with Gasteiger partial charge >= 0.3 is 0 Å². The van der Waals surface area contributed by atoms with Crippen molar-refractivity contribution in [2.45, 2.75) is 135 Å². The summed E-state index contributed by atoms with van der Waals surface area (Å²) >= 11 is 0. The van der Waals surface area contributed by atoms with Gasteiger partial charge in [-0.05, 0) is 97.6 Å². The van der Waals surface area contributed by atoms with Gasteiger partial charge < -0.3 is 0 Å². The molecule has 2 saturated carbocycles. The number of unbranched alkanes of at least 4 members (excludes halogenated alkanes) is 5. The summed E-state index contributed by atoms with van der Waals surface area (Å²) in [5, 5.41) is 0. The molecule has 0 amide bonds. The smallest absolute Gasteiger partial charge is 0.130 e. The molecule has 1 aromatic carbocycles. The van der Waals surface area contributed by atoms with E-state index in [1.54, 1.807) is 0 Å². The number of hydrogen-bond acceptors (Lipinski definition) is 0. The van der Waals surface area contributed by atoms with E-state index in [-0.39, 0.29) is 5.82 Å². The first-order valence-corrected chi connectivity index (χ1v) is 14.5. The molecule has 0 spiro atoms. The van der Waals surface area contributed by atoms with Crippen LogP contribution >= 0.6 is 0 Å². The van der Waals surface area contributed by atoms with Crippen LogP contribution in [-0.4, -0.2) is 0 Å². The zero-order valence-electron chi connectivity index (χ0n) is 21.1. The number of benzene rings is 1. The summed E-state index contributed by atoms with van der Waals surface area (Å²) in [5.41, 5.74) is 3.50. The molecule has 2 fully saturated rings. The summed E-state index contributed by atoms with van der Waals surface area (Å²) in [5.74, 6) is 4.23. The van der Waals surface area contributed by atoms with Gasteiger partial charge in [-0.2, -0.15) is 0 Å². The van der Waals surface area contributed by atoms with Crippen LogP contribution in [0, 0.1) is 29.5 Å². The van der Waals surface area contributed by atoms with Crippen LogP contribution in [0.25, 0.3) is 0 Å². The Hall–Kier alpha value is -0.850. The minimum atomic E-state index is 0.198. The summed E-state index contributed by atoms with van der Waals surface area (Å²) in [4.78, 5) is 0. The Morgan fingerprint density at radius 2 is 1.47 bits per heavy atom. The van der Waals surface area contributed by atoms with Gasteiger partial charge in [-0.3, -0.25) is 0 Å². The van der Waals surface area contributed by atoms with Gasteiger partial charge in [0.1, 0.15) is 5.82 Å². The van der Waals surface area contributed by atoms with Gasteiger partial charge in [0.05, 0.1) is 0 Å². The summed E-state index contributed by atoms with van der Waals surface area (Å²) in [6, 6.07) is 4.53. The zero-order valence-corrected chi connectivity index (χ0v) is 21.1. The van der Waals surface area contributed by atoms with E-state index in [1.807, 2.05) is 0 Å². The highest BCUT2D eigenvalue weighted by molar-refractivity contribution is 5.38. The normalized spacial score (nSPS) is 30.0. The first kappa shape index (κ1) is 24.3. The van der Waals surface area contributed by atoms with Crippen LogP contribution in [0.4, 0.5) is 4.39 Å². The van der Waals surface area contributed by atoms with E-state index in [2.05, 4.69) is 26.0 Å². The monoisotopic (exact) mass is 440 g/mol. The van der Waals surface area contributed by atoms with Crippen LogP contribution in [0.1, 0.15) is 139 Å². The second-order valence-electron chi connectivity index (χ2n) is 11.8. The van der Waals surface area contributed by atoms with E-state index >= 15 is 4.39 Å². The Balaban J connectivity index is 1.32. The van der Waals surface area contributed by atoms with Crippen LogP contribution in [0.5, 0.6) is 0 Å². The van der Waals surface area contributed by atoms with Crippen molar-refractivity contribution in [1.29, 1.82) is 0 Å². The van der Waals surface area contributed by atoms with Crippen LogP contribution in [0.2, 0.25) is 0 Å². The van der Waals surface area contributed by atoms with Crippen LogP contribution < -0.4 is 0 Å². The fourth-order valence-corrected chi connectivity index (χ4v) is 7.54. The molecular weight excluding hydrogens is 391 g/mol. The third kappa shape index (κ3) is 5.98. The molecule has 180 valence electrons. The molecule has 1 heteroatoms. The van der Waals surface area contributed by atoms with Gasteiger partial charge in [0.25, 0.3) is 0 Å². The van der Waals surface area contributed by atoms with E-state index in [0.717, 1.165) is 47.6 Å². The Labute approximate surface area is 198 Å². The molecule has 0 bridgehead atoms. The molecule has 4 rings (SSSR count). The molecule has 0 saturated heterocycles. The number of rotatable bonds is 10. The maximum atomic E-state index is 15.7. The standard InChI is InChI=1S/C31H49F/c1-3-5-7-9-11-24-13-18-29-27(21-24)17-19-30(31(29)32)28-16-15-25-20-23(10-8-6-4-2)12-14-26(25)22-28/h17,19,23-26,28H,3-16,18,20-22H2,1-2H3. The van der Waals surface area contributed by atoms with Crippen LogP contribution in [0.3, 0.4) is 0 Å². The lowest BCUT2D eigenvalue weighted by atomic mass is 9.63. The van der Waals surface area contributed by atoms with Crippen LogP contribution in [-0.2, 0) is 12.8 Å². The lowest BCUT2D eigenvalue weighted by Gasteiger charge is -2.42. The molecule has 0 heterocycles. The highest BCUT2D eigenvalue weighted by Gasteiger charge is 2.37. The molecule has 3 aliphatic carbocycles. The van der Waals surface area contributed by atoms with Gasteiger partial charge in [0, 0.05) is 0 Å². The predicted octanol–water partition coefficient (Wildman–Crippen LogP) is 9.78. The molecule has 3 aliphatic rings. The maximum Gasteiger partial charge on any atom is 0.130 e. The minimum absolute atomic E-state index is 0.198. The molecule has 0 aliphatic heterocycles. The fraction of sp³-hybridized carbons (Fsp3) is 0.806. The van der Waals surface area contributed by atoms with Crippen molar-refractivity contribution < 1.29 is 4.39 Å². The summed E-state index contributed by atoms with van der Waals surface area (Å²) in [7, 11) is 0. The number of fused-ring (bicyclic) bond motifs is 2. The molecule has 1 aromatic rings.